The van der Waals surface area contributed by atoms with Gasteiger partial charge in [-0.1, -0.05) is 26.0 Å². The van der Waals surface area contributed by atoms with Crippen molar-refractivity contribution < 1.29 is 0 Å². The lowest BCUT2D eigenvalue weighted by Gasteiger charge is -2.05. The van der Waals surface area contributed by atoms with E-state index in [1.165, 1.54) is 10.9 Å². The topological polar surface area (TPSA) is 17.8 Å². The summed E-state index contributed by atoms with van der Waals surface area (Å²) in [4.78, 5) is 0. The Morgan fingerprint density at radius 3 is 2.47 bits per heavy atom. The zero-order chi connectivity index (χ0) is 11.0. The third-order valence-corrected chi connectivity index (χ3v) is 2.75. The summed E-state index contributed by atoms with van der Waals surface area (Å²) in [6.45, 7) is 8.75. The van der Waals surface area contributed by atoms with Gasteiger partial charge in [-0.3, -0.25) is 4.68 Å². The van der Waals surface area contributed by atoms with E-state index in [-0.39, 0.29) is 0 Å². The maximum Gasteiger partial charge on any atom is 0.0926 e. The normalized spacial score (nSPS) is 11.9. The highest BCUT2D eigenvalue weighted by molar-refractivity contribution is 5.82. The van der Waals surface area contributed by atoms with Crippen LogP contribution in [-0.4, -0.2) is 9.78 Å². The molecule has 80 valence electrons. The van der Waals surface area contributed by atoms with Crippen molar-refractivity contribution in [3.63, 3.8) is 0 Å². The van der Waals surface area contributed by atoms with Gasteiger partial charge in [0.25, 0.3) is 0 Å². The van der Waals surface area contributed by atoms with Gasteiger partial charge in [-0.15, -0.1) is 0 Å². The SMILES string of the molecule is CC(C)c1cccc2nn(C(C)C)cc12. The monoisotopic (exact) mass is 202 g/mol. The molecule has 0 aliphatic heterocycles. The molecule has 2 aromatic rings. The van der Waals surface area contributed by atoms with E-state index in [2.05, 4.69) is 57.2 Å². The molecule has 0 N–H and O–H groups in total. The van der Waals surface area contributed by atoms with Gasteiger partial charge in [0.2, 0.25) is 0 Å². The second-order valence-electron chi connectivity index (χ2n) is 4.64. The first kappa shape index (κ1) is 10.2. The van der Waals surface area contributed by atoms with Gasteiger partial charge in [0.05, 0.1) is 5.52 Å². The van der Waals surface area contributed by atoms with E-state index in [0.29, 0.717) is 12.0 Å². The van der Waals surface area contributed by atoms with E-state index in [4.69, 9.17) is 0 Å². The Kier molecular flexibility index (Phi) is 2.51. The molecule has 1 aromatic carbocycles. The summed E-state index contributed by atoms with van der Waals surface area (Å²) in [7, 11) is 0. The maximum absolute atomic E-state index is 4.57. The Balaban J connectivity index is 2.64. The quantitative estimate of drug-likeness (QED) is 0.725. The molecule has 15 heavy (non-hydrogen) atoms. The lowest BCUT2D eigenvalue weighted by atomic mass is 10.00. The average molecular weight is 202 g/mol. The van der Waals surface area contributed by atoms with Crippen molar-refractivity contribution >= 4 is 10.9 Å². The fourth-order valence-corrected chi connectivity index (χ4v) is 1.85. The third-order valence-electron chi connectivity index (χ3n) is 2.75. The van der Waals surface area contributed by atoms with Gasteiger partial charge in [-0.25, -0.2) is 0 Å². The minimum Gasteiger partial charge on any atom is -0.269 e. The molecule has 2 heteroatoms. The maximum atomic E-state index is 4.57. The highest BCUT2D eigenvalue weighted by Crippen LogP contribution is 2.25. The minimum absolute atomic E-state index is 0.428. The van der Waals surface area contributed by atoms with Crippen LogP contribution in [0.3, 0.4) is 0 Å². The van der Waals surface area contributed by atoms with Gasteiger partial charge in [0, 0.05) is 17.6 Å². The summed E-state index contributed by atoms with van der Waals surface area (Å²) in [5.41, 5.74) is 2.49. The van der Waals surface area contributed by atoms with Crippen LogP contribution in [0.2, 0.25) is 0 Å². The van der Waals surface area contributed by atoms with Crippen molar-refractivity contribution in [2.45, 2.75) is 39.7 Å². The standard InChI is InChI=1S/C13H18N2/c1-9(2)11-6-5-7-13-12(11)8-15(14-13)10(3)4/h5-10H,1-4H3. The fraction of sp³-hybridized carbons (Fsp3) is 0.462. The Morgan fingerprint density at radius 2 is 1.87 bits per heavy atom. The van der Waals surface area contributed by atoms with Crippen LogP contribution in [0.1, 0.15) is 45.2 Å². The van der Waals surface area contributed by atoms with E-state index in [1.807, 2.05) is 4.68 Å². The molecule has 1 heterocycles. The minimum atomic E-state index is 0.428. The Labute approximate surface area is 90.9 Å². The molecule has 0 spiro atoms. The highest BCUT2D eigenvalue weighted by Gasteiger charge is 2.09. The number of nitrogens with zero attached hydrogens (tertiary/aromatic N) is 2. The Morgan fingerprint density at radius 1 is 1.13 bits per heavy atom. The van der Waals surface area contributed by atoms with E-state index in [1.54, 1.807) is 0 Å². The van der Waals surface area contributed by atoms with Crippen molar-refractivity contribution in [1.82, 2.24) is 9.78 Å². The molecule has 0 atom stereocenters. The smallest absolute Gasteiger partial charge is 0.0926 e. The zero-order valence-corrected chi connectivity index (χ0v) is 9.86. The summed E-state index contributed by atoms with van der Waals surface area (Å²) in [5, 5.41) is 5.86. The summed E-state index contributed by atoms with van der Waals surface area (Å²) >= 11 is 0. The first-order valence-corrected chi connectivity index (χ1v) is 5.57. The predicted molar refractivity (Wildman–Crippen MR) is 64.2 cm³/mol. The molecule has 0 saturated heterocycles. The van der Waals surface area contributed by atoms with E-state index in [9.17, 15) is 0 Å². The molecule has 2 nitrogen and oxygen atoms in total. The number of hydrogen-bond donors (Lipinski definition) is 0. The first-order valence-electron chi connectivity index (χ1n) is 5.57. The molecule has 0 aliphatic carbocycles. The van der Waals surface area contributed by atoms with Crippen molar-refractivity contribution in [2.24, 2.45) is 0 Å². The second-order valence-corrected chi connectivity index (χ2v) is 4.64. The fourth-order valence-electron chi connectivity index (χ4n) is 1.85. The number of fused-ring (bicyclic) bond motifs is 1. The van der Waals surface area contributed by atoms with Crippen LogP contribution < -0.4 is 0 Å². The molecule has 1 aromatic heterocycles. The Bertz CT molecular complexity index is 466. The highest BCUT2D eigenvalue weighted by atomic mass is 15.3. The van der Waals surface area contributed by atoms with Gasteiger partial charge in [-0.2, -0.15) is 5.10 Å². The molecular formula is C13H18N2. The van der Waals surface area contributed by atoms with Gasteiger partial charge in [-0.05, 0) is 31.4 Å². The molecule has 0 bridgehead atoms. The van der Waals surface area contributed by atoms with Gasteiger partial charge >= 0.3 is 0 Å². The third kappa shape index (κ3) is 1.76. The van der Waals surface area contributed by atoms with Crippen LogP contribution >= 0.6 is 0 Å². The van der Waals surface area contributed by atoms with Crippen molar-refractivity contribution in [3.8, 4) is 0 Å². The van der Waals surface area contributed by atoms with Crippen molar-refractivity contribution in [1.29, 1.82) is 0 Å². The molecule has 0 aliphatic rings. The zero-order valence-electron chi connectivity index (χ0n) is 9.86. The Hall–Kier alpha value is -1.31. The number of hydrogen-bond acceptors (Lipinski definition) is 1. The summed E-state index contributed by atoms with van der Waals surface area (Å²) in [5.74, 6) is 0.554. The van der Waals surface area contributed by atoms with E-state index >= 15 is 0 Å². The van der Waals surface area contributed by atoms with Crippen LogP contribution in [0.4, 0.5) is 0 Å². The molecular weight excluding hydrogens is 184 g/mol. The van der Waals surface area contributed by atoms with Crippen molar-refractivity contribution in [2.75, 3.05) is 0 Å². The molecule has 2 rings (SSSR count). The number of benzene rings is 1. The van der Waals surface area contributed by atoms with Crippen molar-refractivity contribution in [3.05, 3.63) is 30.0 Å². The summed E-state index contributed by atoms with van der Waals surface area (Å²) in [6.07, 6.45) is 2.16. The number of aromatic nitrogens is 2. The lowest BCUT2D eigenvalue weighted by molar-refractivity contribution is 0.537. The van der Waals surface area contributed by atoms with Crippen LogP contribution in [0.15, 0.2) is 24.4 Å². The first-order chi connectivity index (χ1) is 7.09. The molecule has 0 unspecified atom stereocenters. The molecule has 0 saturated carbocycles. The van der Waals surface area contributed by atoms with E-state index < -0.39 is 0 Å². The van der Waals surface area contributed by atoms with E-state index in [0.717, 1.165) is 5.52 Å². The van der Waals surface area contributed by atoms with Crippen LogP contribution in [-0.2, 0) is 0 Å². The van der Waals surface area contributed by atoms with Crippen LogP contribution in [0.25, 0.3) is 10.9 Å². The number of rotatable bonds is 2. The largest absolute Gasteiger partial charge is 0.269 e. The summed E-state index contributed by atoms with van der Waals surface area (Å²) in [6, 6.07) is 6.80. The molecule has 0 fully saturated rings. The molecule has 0 radical (unpaired) electrons. The van der Waals surface area contributed by atoms with Crippen LogP contribution in [0.5, 0.6) is 0 Å². The molecule has 0 amide bonds. The lowest BCUT2D eigenvalue weighted by Crippen LogP contribution is -1.99. The van der Waals surface area contributed by atoms with Gasteiger partial charge in [0.15, 0.2) is 0 Å². The van der Waals surface area contributed by atoms with Crippen LogP contribution in [0, 0.1) is 0 Å². The van der Waals surface area contributed by atoms with Gasteiger partial charge in [0.1, 0.15) is 0 Å². The average Bonchev–Trinajstić information content (AvgIpc) is 2.60. The van der Waals surface area contributed by atoms with Gasteiger partial charge < -0.3 is 0 Å². The predicted octanol–water partition coefficient (Wildman–Crippen LogP) is 3.74. The second kappa shape index (κ2) is 3.69. The summed E-state index contributed by atoms with van der Waals surface area (Å²) < 4.78 is 2.04.